The van der Waals surface area contributed by atoms with Crippen LogP contribution >= 0.6 is 0 Å². The molecule has 0 aromatic carbocycles. The van der Waals surface area contributed by atoms with E-state index in [2.05, 4.69) is 9.72 Å². The van der Waals surface area contributed by atoms with Crippen LogP contribution in [0.3, 0.4) is 0 Å². The number of methoxy groups -OCH3 is 1. The maximum absolute atomic E-state index is 11.8. The van der Waals surface area contributed by atoms with Crippen molar-refractivity contribution in [2.75, 3.05) is 19.1 Å². The van der Waals surface area contributed by atoms with Gasteiger partial charge in [0.2, 0.25) is 5.91 Å². The monoisotopic (exact) mass is 222 g/mol. The quantitative estimate of drug-likeness (QED) is 0.562. The van der Waals surface area contributed by atoms with Gasteiger partial charge in [-0.3, -0.25) is 14.6 Å². The van der Waals surface area contributed by atoms with Gasteiger partial charge in [-0.25, -0.2) is 0 Å². The molecule has 1 amide bonds. The van der Waals surface area contributed by atoms with Crippen LogP contribution in [0.1, 0.15) is 6.92 Å². The number of carbonyl (C=O) groups is 2. The summed E-state index contributed by atoms with van der Waals surface area (Å²) >= 11 is 0. The van der Waals surface area contributed by atoms with Crippen molar-refractivity contribution in [2.45, 2.75) is 6.92 Å². The number of ether oxygens (including phenoxy) is 1. The molecule has 0 radical (unpaired) electrons. The van der Waals surface area contributed by atoms with Crippen LogP contribution in [0.25, 0.3) is 0 Å². The van der Waals surface area contributed by atoms with E-state index < -0.39 is 11.9 Å². The van der Waals surface area contributed by atoms with Crippen molar-refractivity contribution >= 4 is 17.6 Å². The Morgan fingerprint density at radius 2 is 1.94 bits per heavy atom. The van der Waals surface area contributed by atoms with Gasteiger partial charge in [0.25, 0.3) is 0 Å². The predicted octanol–water partition coefficient (Wildman–Crippen LogP) is 0.853. The van der Waals surface area contributed by atoms with Crippen molar-refractivity contribution in [1.29, 1.82) is 0 Å². The first kappa shape index (κ1) is 12.2. The van der Waals surface area contributed by atoms with Gasteiger partial charge in [-0.1, -0.05) is 0 Å². The molecule has 1 atom stereocenters. The third kappa shape index (κ3) is 2.56. The largest absolute Gasteiger partial charge is 0.468 e. The number of rotatable bonds is 3. The first-order valence-corrected chi connectivity index (χ1v) is 4.83. The molecule has 1 unspecified atom stereocenters. The summed E-state index contributed by atoms with van der Waals surface area (Å²) in [7, 11) is 2.87. The van der Waals surface area contributed by atoms with E-state index in [4.69, 9.17) is 0 Å². The lowest BCUT2D eigenvalue weighted by atomic mass is 10.1. The Balaban J connectivity index is 2.79. The molecule has 0 spiro atoms. The molecule has 0 N–H and O–H groups in total. The number of nitrogens with zero attached hydrogens (tertiary/aromatic N) is 2. The van der Waals surface area contributed by atoms with E-state index in [1.165, 1.54) is 18.9 Å². The van der Waals surface area contributed by atoms with E-state index in [1.807, 2.05) is 0 Å². The summed E-state index contributed by atoms with van der Waals surface area (Å²) in [5.74, 6) is -1.65. The van der Waals surface area contributed by atoms with Gasteiger partial charge in [-0.15, -0.1) is 0 Å². The second-order valence-corrected chi connectivity index (χ2v) is 3.35. The molecule has 1 rings (SSSR count). The van der Waals surface area contributed by atoms with Gasteiger partial charge < -0.3 is 9.64 Å². The van der Waals surface area contributed by atoms with E-state index >= 15 is 0 Å². The highest BCUT2D eigenvalue weighted by molar-refractivity contribution is 6.05. The summed E-state index contributed by atoms with van der Waals surface area (Å²) in [5, 5.41) is 0. The van der Waals surface area contributed by atoms with Gasteiger partial charge in [0.1, 0.15) is 5.92 Å². The second kappa shape index (κ2) is 5.25. The van der Waals surface area contributed by atoms with Crippen molar-refractivity contribution in [3.05, 3.63) is 24.5 Å². The molecule has 1 aromatic heterocycles. The fourth-order valence-corrected chi connectivity index (χ4v) is 1.26. The topological polar surface area (TPSA) is 59.5 Å². The van der Waals surface area contributed by atoms with Crippen molar-refractivity contribution in [3.63, 3.8) is 0 Å². The fraction of sp³-hybridized carbons (Fsp3) is 0.364. The Kier molecular flexibility index (Phi) is 3.99. The fourth-order valence-electron chi connectivity index (χ4n) is 1.26. The van der Waals surface area contributed by atoms with E-state index in [-0.39, 0.29) is 5.91 Å². The average Bonchev–Trinajstić information content (AvgIpc) is 2.36. The molecule has 16 heavy (non-hydrogen) atoms. The molecule has 0 saturated heterocycles. The Bertz CT molecular complexity index is 378. The lowest BCUT2D eigenvalue weighted by molar-refractivity contribution is -0.148. The summed E-state index contributed by atoms with van der Waals surface area (Å²) in [6.07, 6.45) is 3.17. The zero-order valence-corrected chi connectivity index (χ0v) is 9.51. The normalized spacial score (nSPS) is 11.7. The van der Waals surface area contributed by atoms with Crippen LogP contribution in [0.15, 0.2) is 24.5 Å². The number of carbonyl (C=O) groups excluding carboxylic acids is 2. The zero-order valence-electron chi connectivity index (χ0n) is 9.51. The van der Waals surface area contributed by atoms with E-state index in [0.29, 0.717) is 5.69 Å². The van der Waals surface area contributed by atoms with Gasteiger partial charge in [0.15, 0.2) is 0 Å². The van der Waals surface area contributed by atoms with Crippen molar-refractivity contribution in [1.82, 2.24) is 4.98 Å². The number of esters is 1. The van der Waals surface area contributed by atoms with Crippen LogP contribution in [0.2, 0.25) is 0 Å². The minimum absolute atomic E-state index is 0.307. The van der Waals surface area contributed by atoms with Crippen LogP contribution in [-0.4, -0.2) is 31.0 Å². The molecule has 5 nitrogen and oxygen atoms in total. The molecule has 5 heteroatoms. The zero-order chi connectivity index (χ0) is 12.1. The van der Waals surface area contributed by atoms with Gasteiger partial charge in [0.05, 0.1) is 7.11 Å². The van der Waals surface area contributed by atoms with E-state index in [9.17, 15) is 9.59 Å². The van der Waals surface area contributed by atoms with Gasteiger partial charge in [-0.2, -0.15) is 0 Å². The summed E-state index contributed by atoms with van der Waals surface area (Å²) in [4.78, 5) is 28.3. The van der Waals surface area contributed by atoms with Gasteiger partial charge >= 0.3 is 5.97 Å². The molecule has 0 bridgehead atoms. The van der Waals surface area contributed by atoms with Gasteiger partial charge in [0, 0.05) is 25.1 Å². The minimum Gasteiger partial charge on any atom is -0.468 e. The highest BCUT2D eigenvalue weighted by Crippen LogP contribution is 2.13. The van der Waals surface area contributed by atoms with Crippen LogP contribution in [0.4, 0.5) is 5.69 Å². The van der Waals surface area contributed by atoms with E-state index in [1.54, 1.807) is 31.6 Å². The van der Waals surface area contributed by atoms with Gasteiger partial charge in [-0.05, 0) is 19.1 Å². The number of aromatic nitrogens is 1. The summed E-state index contributed by atoms with van der Waals surface area (Å²) in [5.41, 5.74) is 0.691. The first-order valence-electron chi connectivity index (χ1n) is 4.83. The molecular formula is C11H14N2O3. The van der Waals surface area contributed by atoms with Crippen molar-refractivity contribution < 1.29 is 14.3 Å². The molecule has 0 aliphatic heterocycles. The third-order valence-corrected chi connectivity index (χ3v) is 2.31. The smallest absolute Gasteiger partial charge is 0.317 e. The molecule has 1 heterocycles. The first-order chi connectivity index (χ1) is 7.57. The van der Waals surface area contributed by atoms with Crippen LogP contribution in [0.5, 0.6) is 0 Å². The maximum atomic E-state index is 11.8. The molecular weight excluding hydrogens is 208 g/mol. The number of hydrogen-bond donors (Lipinski definition) is 0. The summed E-state index contributed by atoms with van der Waals surface area (Å²) in [6.45, 7) is 1.52. The second-order valence-electron chi connectivity index (χ2n) is 3.35. The molecule has 0 fully saturated rings. The van der Waals surface area contributed by atoms with Crippen LogP contribution < -0.4 is 4.90 Å². The summed E-state index contributed by atoms with van der Waals surface area (Å²) < 4.78 is 4.52. The molecule has 86 valence electrons. The highest BCUT2D eigenvalue weighted by Gasteiger charge is 2.25. The third-order valence-electron chi connectivity index (χ3n) is 2.31. The number of pyridine rings is 1. The Morgan fingerprint density at radius 1 is 1.38 bits per heavy atom. The Hall–Kier alpha value is -1.91. The molecule has 0 saturated carbocycles. The maximum Gasteiger partial charge on any atom is 0.317 e. The number of hydrogen-bond acceptors (Lipinski definition) is 4. The minimum atomic E-state index is -0.803. The molecule has 0 aliphatic rings. The Morgan fingerprint density at radius 3 is 2.44 bits per heavy atom. The standard InChI is InChI=1S/C11H14N2O3/c1-8(11(15)16-3)10(14)13(2)9-4-6-12-7-5-9/h4-8H,1-3H3. The van der Waals surface area contributed by atoms with Crippen LogP contribution in [0, 0.1) is 5.92 Å². The average molecular weight is 222 g/mol. The highest BCUT2D eigenvalue weighted by atomic mass is 16.5. The Labute approximate surface area is 94.0 Å². The predicted molar refractivity (Wildman–Crippen MR) is 58.8 cm³/mol. The lowest BCUT2D eigenvalue weighted by Crippen LogP contribution is -2.35. The van der Waals surface area contributed by atoms with Crippen molar-refractivity contribution in [3.8, 4) is 0 Å². The lowest BCUT2D eigenvalue weighted by Gasteiger charge is -2.19. The summed E-state index contributed by atoms with van der Waals surface area (Å²) in [6, 6.07) is 3.39. The molecule has 0 aliphatic carbocycles. The van der Waals surface area contributed by atoms with Crippen LogP contribution in [-0.2, 0) is 14.3 Å². The number of amides is 1. The number of anilines is 1. The van der Waals surface area contributed by atoms with E-state index in [0.717, 1.165) is 0 Å². The SMILES string of the molecule is COC(=O)C(C)C(=O)N(C)c1ccncc1. The molecule has 1 aromatic rings. The van der Waals surface area contributed by atoms with Crippen molar-refractivity contribution in [2.24, 2.45) is 5.92 Å².